The van der Waals surface area contributed by atoms with Crippen molar-refractivity contribution in [2.24, 2.45) is 0 Å². The van der Waals surface area contributed by atoms with Gasteiger partial charge in [0.2, 0.25) is 0 Å². The fraction of sp³-hybridized carbons (Fsp3) is 0. The van der Waals surface area contributed by atoms with E-state index in [-0.39, 0.29) is 0 Å². The molecule has 0 aliphatic rings. The standard InChI is InChI=1S/C44H29N/c1-3-12-30(13-4-1)33-18-11-19-34(26-33)31-22-24-37(25-23-31)45-42-28-36-17-8-7-16-35(36)27-41(42)44-39-21-10-9-20-38(39)40(29-43(44)45)32-14-5-2-6-15-32/h1-29H. The van der Waals surface area contributed by atoms with E-state index in [4.69, 9.17) is 0 Å². The number of aromatic nitrogens is 1. The third-order valence-corrected chi connectivity index (χ3v) is 9.15. The molecule has 0 aliphatic heterocycles. The number of hydrogen-bond acceptors (Lipinski definition) is 0. The Morgan fingerprint density at radius 1 is 0.311 bits per heavy atom. The number of hydrogen-bond donors (Lipinski definition) is 0. The van der Waals surface area contributed by atoms with Gasteiger partial charge in [0.1, 0.15) is 0 Å². The van der Waals surface area contributed by atoms with Crippen molar-refractivity contribution in [1.29, 1.82) is 0 Å². The number of benzene rings is 8. The van der Waals surface area contributed by atoms with Gasteiger partial charge in [0.05, 0.1) is 11.0 Å². The fourth-order valence-corrected chi connectivity index (χ4v) is 7.01. The topological polar surface area (TPSA) is 4.93 Å². The van der Waals surface area contributed by atoms with Crippen LogP contribution in [-0.2, 0) is 0 Å². The van der Waals surface area contributed by atoms with E-state index in [9.17, 15) is 0 Å². The molecule has 0 saturated carbocycles. The lowest BCUT2D eigenvalue weighted by Crippen LogP contribution is -1.95. The van der Waals surface area contributed by atoms with Gasteiger partial charge in [-0.3, -0.25) is 0 Å². The van der Waals surface area contributed by atoms with Gasteiger partial charge in [0.25, 0.3) is 0 Å². The second-order valence-corrected chi connectivity index (χ2v) is 11.8. The summed E-state index contributed by atoms with van der Waals surface area (Å²) in [4.78, 5) is 0. The van der Waals surface area contributed by atoms with Gasteiger partial charge >= 0.3 is 0 Å². The predicted molar refractivity (Wildman–Crippen MR) is 192 cm³/mol. The minimum atomic E-state index is 1.16. The molecule has 0 spiro atoms. The summed E-state index contributed by atoms with van der Waals surface area (Å²) in [7, 11) is 0. The van der Waals surface area contributed by atoms with Gasteiger partial charge in [-0.05, 0) is 91.3 Å². The molecule has 0 fully saturated rings. The Morgan fingerprint density at radius 2 is 0.867 bits per heavy atom. The van der Waals surface area contributed by atoms with E-state index in [0.717, 1.165) is 5.69 Å². The molecule has 9 rings (SSSR count). The summed E-state index contributed by atoms with van der Waals surface area (Å²) in [6, 6.07) is 64.0. The molecule has 0 aliphatic carbocycles. The van der Waals surface area contributed by atoms with Crippen LogP contribution in [0.25, 0.3) is 82.4 Å². The van der Waals surface area contributed by atoms with Crippen molar-refractivity contribution in [2.75, 3.05) is 0 Å². The predicted octanol–water partition coefficient (Wildman–Crippen LogP) is 12.1. The smallest absolute Gasteiger partial charge is 0.0553 e. The molecule has 1 nitrogen and oxygen atoms in total. The fourth-order valence-electron chi connectivity index (χ4n) is 7.01. The molecule has 0 N–H and O–H groups in total. The first-order chi connectivity index (χ1) is 22.3. The molecule has 0 unspecified atom stereocenters. The Bertz CT molecular complexity index is 2500. The first-order valence-corrected chi connectivity index (χ1v) is 15.5. The van der Waals surface area contributed by atoms with Gasteiger partial charge in [0.15, 0.2) is 0 Å². The van der Waals surface area contributed by atoms with Crippen molar-refractivity contribution < 1.29 is 0 Å². The molecule has 0 amide bonds. The molecule has 1 heterocycles. The summed E-state index contributed by atoms with van der Waals surface area (Å²) in [5, 5.41) is 7.63. The van der Waals surface area contributed by atoms with Crippen molar-refractivity contribution in [1.82, 2.24) is 4.57 Å². The average molecular weight is 572 g/mol. The third kappa shape index (κ3) is 4.24. The van der Waals surface area contributed by atoms with E-state index in [1.54, 1.807) is 0 Å². The van der Waals surface area contributed by atoms with Crippen LogP contribution in [0.3, 0.4) is 0 Å². The van der Waals surface area contributed by atoms with Crippen molar-refractivity contribution in [3.8, 4) is 39.1 Å². The highest BCUT2D eigenvalue weighted by Gasteiger charge is 2.18. The van der Waals surface area contributed by atoms with Crippen LogP contribution in [0.1, 0.15) is 0 Å². The van der Waals surface area contributed by atoms with Crippen molar-refractivity contribution in [3.63, 3.8) is 0 Å². The number of fused-ring (bicyclic) bond motifs is 6. The Labute approximate surface area is 262 Å². The van der Waals surface area contributed by atoms with Crippen molar-refractivity contribution in [3.05, 3.63) is 176 Å². The molecule has 0 bridgehead atoms. The van der Waals surface area contributed by atoms with Gasteiger partial charge in [0, 0.05) is 16.5 Å². The third-order valence-electron chi connectivity index (χ3n) is 9.15. The first kappa shape index (κ1) is 25.6. The largest absolute Gasteiger partial charge is 0.309 e. The maximum atomic E-state index is 2.46. The van der Waals surface area contributed by atoms with E-state index in [1.165, 1.54) is 76.7 Å². The summed E-state index contributed by atoms with van der Waals surface area (Å²) in [6.07, 6.45) is 0. The molecule has 45 heavy (non-hydrogen) atoms. The van der Waals surface area contributed by atoms with Gasteiger partial charge < -0.3 is 4.57 Å². The first-order valence-electron chi connectivity index (χ1n) is 15.5. The van der Waals surface area contributed by atoms with E-state index in [1.807, 2.05) is 0 Å². The molecular formula is C44H29N. The number of nitrogens with zero attached hydrogens (tertiary/aromatic N) is 1. The zero-order valence-electron chi connectivity index (χ0n) is 24.7. The van der Waals surface area contributed by atoms with Crippen LogP contribution in [-0.4, -0.2) is 4.57 Å². The van der Waals surface area contributed by atoms with Crippen molar-refractivity contribution in [2.45, 2.75) is 0 Å². The van der Waals surface area contributed by atoms with Gasteiger partial charge in [-0.15, -0.1) is 0 Å². The number of rotatable bonds is 4. The van der Waals surface area contributed by atoms with Crippen LogP contribution in [0.2, 0.25) is 0 Å². The quantitative estimate of drug-likeness (QED) is 0.198. The van der Waals surface area contributed by atoms with Gasteiger partial charge in [-0.1, -0.05) is 140 Å². The normalized spacial score (nSPS) is 11.6. The molecule has 1 aromatic heterocycles. The SMILES string of the molecule is c1ccc(-c2cccc(-c3ccc(-n4c5cc6ccccc6cc5c5c6ccccc6c(-c6ccccc6)cc54)cc3)c2)cc1. The lowest BCUT2D eigenvalue weighted by atomic mass is 9.94. The molecule has 0 radical (unpaired) electrons. The Kier molecular flexibility index (Phi) is 5.89. The minimum Gasteiger partial charge on any atom is -0.309 e. The maximum absolute atomic E-state index is 2.46. The van der Waals surface area contributed by atoms with Crippen LogP contribution in [0.5, 0.6) is 0 Å². The van der Waals surface area contributed by atoms with Crippen LogP contribution in [0, 0.1) is 0 Å². The van der Waals surface area contributed by atoms with Crippen LogP contribution in [0.4, 0.5) is 0 Å². The second kappa shape index (κ2) is 10.4. The van der Waals surface area contributed by atoms with E-state index < -0.39 is 0 Å². The molecule has 9 aromatic rings. The molecule has 0 saturated heterocycles. The van der Waals surface area contributed by atoms with E-state index in [2.05, 4.69) is 180 Å². The van der Waals surface area contributed by atoms with Crippen LogP contribution in [0.15, 0.2) is 176 Å². The molecule has 0 atom stereocenters. The minimum absolute atomic E-state index is 1.16. The van der Waals surface area contributed by atoms with Crippen molar-refractivity contribution >= 4 is 43.4 Å². The highest BCUT2D eigenvalue weighted by atomic mass is 15.0. The lowest BCUT2D eigenvalue weighted by molar-refractivity contribution is 1.18. The molecule has 210 valence electrons. The highest BCUT2D eigenvalue weighted by Crippen LogP contribution is 2.42. The summed E-state index contributed by atoms with van der Waals surface area (Å²) in [5.41, 5.74) is 11.0. The molecule has 8 aromatic carbocycles. The Balaban J connectivity index is 1.30. The molecule has 1 heteroatoms. The summed E-state index contributed by atoms with van der Waals surface area (Å²) < 4.78 is 2.46. The Hall–Kier alpha value is -5.92. The summed E-state index contributed by atoms with van der Waals surface area (Å²) >= 11 is 0. The summed E-state index contributed by atoms with van der Waals surface area (Å²) in [6.45, 7) is 0. The van der Waals surface area contributed by atoms with E-state index >= 15 is 0 Å². The van der Waals surface area contributed by atoms with Crippen LogP contribution >= 0.6 is 0 Å². The monoisotopic (exact) mass is 571 g/mol. The maximum Gasteiger partial charge on any atom is 0.0553 e. The zero-order chi connectivity index (χ0) is 29.7. The average Bonchev–Trinajstić information content (AvgIpc) is 3.44. The van der Waals surface area contributed by atoms with Gasteiger partial charge in [-0.2, -0.15) is 0 Å². The van der Waals surface area contributed by atoms with Crippen LogP contribution < -0.4 is 0 Å². The molecular weight excluding hydrogens is 542 g/mol. The highest BCUT2D eigenvalue weighted by molar-refractivity contribution is 6.25. The van der Waals surface area contributed by atoms with E-state index in [0.29, 0.717) is 0 Å². The zero-order valence-corrected chi connectivity index (χ0v) is 24.7. The van der Waals surface area contributed by atoms with Gasteiger partial charge in [-0.25, -0.2) is 0 Å². The lowest BCUT2D eigenvalue weighted by Gasteiger charge is -2.13. The summed E-state index contributed by atoms with van der Waals surface area (Å²) in [5.74, 6) is 0. The second-order valence-electron chi connectivity index (χ2n) is 11.8. The Morgan fingerprint density at radius 3 is 1.58 bits per heavy atom.